The van der Waals surface area contributed by atoms with Gasteiger partial charge in [-0.2, -0.15) is 0 Å². The second kappa shape index (κ2) is 9.87. The van der Waals surface area contributed by atoms with Gasteiger partial charge < -0.3 is 14.7 Å². The van der Waals surface area contributed by atoms with Gasteiger partial charge in [0.25, 0.3) is 5.91 Å². The molecule has 2 atom stereocenters. The largest absolute Gasteiger partial charge is 0.340 e. The van der Waals surface area contributed by atoms with Crippen LogP contribution in [-0.2, 0) is 11.3 Å². The van der Waals surface area contributed by atoms with Crippen LogP contribution < -0.4 is 5.32 Å². The lowest BCUT2D eigenvalue weighted by Gasteiger charge is -2.40. The van der Waals surface area contributed by atoms with Crippen molar-refractivity contribution in [3.05, 3.63) is 77.6 Å². The Labute approximate surface area is 204 Å². The maximum absolute atomic E-state index is 14.1. The van der Waals surface area contributed by atoms with Crippen LogP contribution in [0.4, 0.5) is 9.18 Å². The summed E-state index contributed by atoms with van der Waals surface area (Å²) < 4.78 is 14.1. The first kappa shape index (κ1) is 23.0. The number of likely N-dealkylation sites (N-methyl/N-ethyl adjacent to an activating group) is 1. The van der Waals surface area contributed by atoms with Crippen LogP contribution in [0.5, 0.6) is 0 Å². The summed E-state index contributed by atoms with van der Waals surface area (Å²) in [5, 5.41) is 2.45. The number of hydrogen-bond acceptors (Lipinski definition) is 6. The minimum atomic E-state index is -0.579. The van der Waals surface area contributed by atoms with E-state index in [2.05, 4.69) is 15.1 Å². The number of nitrogens with one attached hydrogen (secondary N) is 1. The van der Waals surface area contributed by atoms with Crippen LogP contribution in [-0.4, -0.2) is 89.5 Å². The molecule has 182 valence electrons. The number of urea groups is 1. The minimum Gasteiger partial charge on any atom is -0.340 e. The second-order valence-electron chi connectivity index (χ2n) is 9.01. The summed E-state index contributed by atoms with van der Waals surface area (Å²) in [7, 11) is 1.66. The minimum absolute atomic E-state index is 0.186. The standard InChI is InChI=1S/C26H29FN6O2/c1-30-23-22(24(34)29-26(30)35)33(13-7-10-19-8-3-2-4-9-19)25(28-23)32-16-14-31(15-17-32)18-20-11-5-6-12-21(20)27/h2-12,22-23H,13-18H2,1H3,(H,29,34,35)/b10-7+. The highest BCUT2D eigenvalue weighted by Gasteiger charge is 2.49. The highest BCUT2D eigenvalue weighted by Crippen LogP contribution is 2.26. The summed E-state index contributed by atoms with van der Waals surface area (Å²) in [6.45, 7) is 3.94. The van der Waals surface area contributed by atoms with Gasteiger partial charge >= 0.3 is 6.03 Å². The Bertz CT molecular complexity index is 1150. The maximum atomic E-state index is 14.1. The number of hydrogen-bond donors (Lipinski definition) is 1. The van der Waals surface area contributed by atoms with Gasteiger partial charge in [0.2, 0.25) is 0 Å². The number of carbonyl (C=O) groups is 2. The van der Waals surface area contributed by atoms with Crippen molar-refractivity contribution < 1.29 is 14.0 Å². The Kier molecular flexibility index (Phi) is 6.50. The molecule has 2 unspecified atom stereocenters. The number of amides is 3. The van der Waals surface area contributed by atoms with Crippen LogP contribution in [0.15, 0.2) is 65.7 Å². The Morgan fingerprint density at radius 3 is 2.49 bits per heavy atom. The molecule has 0 radical (unpaired) electrons. The molecule has 1 N–H and O–H groups in total. The van der Waals surface area contributed by atoms with Gasteiger partial charge in [-0.05, 0) is 11.6 Å². The average Bonchev–Trinajstić information content (AvgIpc) is 3.25. The van der Waals surface area contributed by atoms with Crippen molar-refractivity contribution in [2.24, 2.45) is 4.99 Å². The lowest BCUT2D eigenvalue weighted by Crippen LogP contribution is -2.64. The number of guanidine groups is 1. The zero-order valence-electron chi connectivity index (χ0n) is 19.7. The number of fused-ring (bicyclic) bond motifs is 1. The molecular weight excluding hydrogens is 447 g/mol. The molecule has 5 rings (SSSR count). The van der Waals surface area contributed by atoms with E-state index in [4.69, 9.17) is 4.99 Å². The highest BCUT2D eigenvalue weighted by molar-refractivity contribution is 6.03. The van der Waals surface area contributed by atoms with Crippen molar-refractivity contribution in [1.82, 2.24) is 24.9 Å². The molecule has 3 amide bonds. The van der Waals surface area contributed by atoms with Crippen molar-refractivity contribution in [3.63, 3.8) is 0 Å². The van der Waals surface area contributed by atoms with E-state index in [1.807, 2.05) is 59.5 Å². The van der Waals surface area contributed by atoms with E-state index in [-0.39, 0.29) is 11.7 Å². The molecule has 0 aliphatic carbocycles. The normalized spacial score (nSPS) is 23.0. The van der Waals surface area contributed by atoms with E-state index in [1.165, 1.54) is 11.0 Å². The van der Waals surface area contributed by atoms with Crippen molar-refractivity contribution in [1.29, 1.82) is 0 Å². The molecule has 3 aliphatic heterocycles. The predicted octanol–water partition coefficient (Wildman–Crippen LogP) is 2.20. The fourth-order valence-electron chi connectivity index (χ4n) is 4.81. The first-order valence-electron chi connectivity index (χ1n) is 11.9. The van der Waals surface area contributed by atoms with Crippen LogP contribution >= 0.6 is 0 Å². The number of imide groups is 1. The van der Waals surface area contributed by atoms with Crippen LogP contribution in [0.2, 0.25) is 0 Å². The summed E-state index contributed by atoms with van der Waals surface area (Å²) in [5.74, 6) is 0.206. The third-order valence-corrected chi connectivity index (χ3v) is 6.76. The van der Waals surface area contributed by atoms with Gasteiger partial charge in [0.1, 0.15) is 5.82 Å². The van der Waals surface area contributed by atoms with E-state index in [0.717, 1.165) is 24.6 Å². The molecular formula is C26H29FN6O2. The Balaban J connectivity index is 1.31. The summed E-state index contributed by atoms with van der Waals surface area (Å²) >= 11 is 0. The Hall–Kier alpha value is -3.72. The third-order valence-electron chi connectivity index (χ3n) is 6.76. The third kappa shape index (κ3) is 4.77. The molecule has 2 saturated heterocycles. The summed E-state index contributed by atoms with van der Waals surface area (Å²) in [6.07, 6.45) is 3.48. The van der Waals surface area contributed by atoms with Crippen LogP contribution in [0.1, 0.15) is 11.1 Å². The Morgan fingerprint density at radius 1 is 1.03 bits per heavy atom. The van der Waals surface area contributed by atoms with Gasteiger partial charge in [0, 0.05) is 51.9 Å². The fraction of sp³-hybridized carbons (Fsp3) is 0.346. The number of rotatable bonds is 5. The molecule has 8 nitrogen and oxygen atoms in total. The van der Waals surface area contributed by atoms with Gasteiger partial charge in [0.15, 0.2) is 18.2 Å². The molecule has 9 heteroatoms. The Morgan fingerprint density at radius 2 is 1.74 bits per heavy atom. The van der Waals surface area contributed by atoms with Crippen molar-refractivity contribution >= 4 is 24.0 Å². The summed E-state index contributed by atoms with van der Waals surface area (Å²) in [6, 6.07) is 15.8. The monoisotopic (exact) mass is 476 g/mol. The van der Waals surface area contributed by atoms with Gasteiger partial charge in [-0.15, -0.1) is 0 Å². The molecule has 2 fully saturated rings. The van der Waals surface area contributed by atoms with E-state index in [9.17, 15) is 14.0 Å². The smallest absolute Gasteiger partial charge is 0.325 e. The van der Waals surface area contributed by atoms with Crippen LogP contribution in [0.25, 0.3) is 6.08 Å². The van der Waals surface area contributed by atoms with Crippen LogP contribution in [0, 0.1) is 5.82 Å². The van der Waals surface area contributed by atoms with Gasteiger partial charge in [-0.25, -0.2) is 14.2 Å². The van der Waals surface area contributed by atoms with Gasteiger partial charge in [-0.1, -0.05) is 60.7 Å². The molecule has 3 aliphatic rings. The number of halogens is 1. The number of nitrogens with zero attached hydrogens (tertiary/aromatic N) is 5. The average molecular weight is 477 g/mol. The van der Waals surface area contributed by atoms with Gasteiger partial charge in [0.05, 0.1) is 0 Å². The predicted molar refractivity (Wildman–Crippen MR) is 132 cm³/mol. The summed E-state index contributed by atoms with van der Waals surface area (Å²) in [5.41, 5.74) is 1.76. The molecule has 0 saturated carbocycles. The number of benzene rings is 2. The zero-order chi connectivity index (χ0) is 24.4. The van der Waals surface area contributed by atoms with Gasteiger partial charge in [-0.3, -0.25) is 15.0 Å². The molecule has 35 heavy (non-hydrogen) atoms. The maximum Gasteiger partial charge on any atom is 0.325 e. The quantitative estimate of drug-likeness (QED) is 0.717. The fourth-order valence-corrected chi connectivity index (χ4v) is 4.81. The zero-order valence-corrected chi connectivity index (χ0v) is 19.7. The first-order chi connectivity index (χ1) is 17.0. The SMILES string of the molecule is CN1C(=O)NC(=O)C2C1N=C(N1CCN(Cc3ccccc3F)CC1)N2C/C=C/c1ccccc1. The molecule has 0 bridgehead atoms. The van der Waals surface area contributed by atoms with Crippen molar-refractivity contribution in [2.45, 2.75) is 18.8 Å². The first-order valence-corrected chi connectivity index (χ1v) is 11.9. The van der Waals surface area contributed by atoms with E-state index in [0.29, 0.717) is 31.7 Å². The lowest BCUT2D eigenvalue weighted by atomic mass is 10.1. The molecule has 2 aromatic carbocycles. The number of aliphatic imine (C=N–C) groups is 1. The van der Waals surface area contributed by atoms with Crippen LogP contribution in [0.3, 0.4) is 0 Å². The molecule has 2 aromatic rings. The topological polar surface area (TPSA) is 71.5 Å². The highest BCUT2D eigenvalue weighted by atomic mass is 19.1. The molecule has 0 spiro atoms. The van der Waals surface area contributed by atoms with Crippen molar-refractivity contribution in [2.75, 3.05) is 39.8 Å². The van der Waals surface area contributed by atoms with E-state index in [1.54, 1.807) is 13.1 Å². The number of piperazine rings is 1. The van der Waals surface area contributed by atoms with E-state index >= 15 is 0 Å². The lowest BCUT2D eigenvalue weighted by molar-refractivity contribution is -0.127. The second-order valence-corrected chi connectivity index (χ2v) is 9.01. The molecule has 3 heterocycles. The molecule has 0 aromatic heterocycles. The summed E-state index contributed by atoms with van der Waals surface area (Å²) in [4.78, 5) is 37.8. The van der Waals surface area contributed by atoms with Crippen molar-refractivity contribution in [3.8, 4) is 0 Å². The number of carbonyl (C=O) groups excluding carboxylic acids is 2. The van der Waals surface area contributed by atoms with E-state index < -0.39 is 18.2 Å².